The van der Waals surface area contributed by atoms with Crippen molar-refractivity contribution in [3.63, 3.8) is 0 Å². The van der Waals surface area contributed by atoms with E-state index in [4.69, 9.17) is 5.11 Å². The quantitative estimate of drug-likeness (QED) is 0.599. The number of nitrogens with zero attached hydrogens (tertiary/aromatic N) is 1. The van der Waals surface area contributed by atoms with Gasteiger partial charge in [-0.25, -0.2) is 0 Å². The Morgan fingerprint density at radius 3 is 2.78 bits per heavy atom. The summed E-state index contributed by atoms with van der Waals surface area (Å²) < 4.78 is 0. The number of carboxylic acids is 1. The van der Waals surface area contributed by atoms with Crippen LogP contribution in [0.5, 0.6) is 0 Å². The van der Waals surface area contributed by atoms with Crippen molar-refractivity contribution < 1.29 is 14.8 Å². The van der Waals surface area contributed by atoms with Crippen molar-refractivity contribution in [2.24, 2.45) is 5.92 Å². The van der Waals surface area contributed by atoms with E-state index in [0.717, 1.165) is 5.56 Å². The predicted octanol–water partition coefficient (Wildman–Crippen LogP) is 2.43. The van der Waals surface area contributed by atoms with Crippen LogP contribution in [0.25, 0.3) is 0 Å². The molecule has 6 heteroatoms. The first-order chi connectivity index (χ1) is 8.41. The van der Waals surface area contributed by atoms with Gasteiger partial charge in [-0.1, -0.05) is 19.1 Å². The lowest BCUT2D eigenvalue weighted by molar-refractivity contribution is -0.384. The molecule has 0 radical (unpaired) electrons. The van der Waals surface area contributed by atoms with Gasteiger partial charge < -0.3 is 10.4 Å². The lowest BCUT2D eigenvalue weighted by Crippen LogP contribution is -2.16. The van der Waals surface area contributed by atoms with Crippen LogP contribution >= 0.6 is 0 Å². The average molecular weight is 252 g/mol. The molecule has 0 aliphatic heterocycles. The highest BCUT2D eigenvalue weighted by molar-refractivity contribution is 5.68. The van der Waals surface area contributed by atoms with Crippen LogP contribution in [0.15, 0.2) is 18.2 Å². The van der Waals surface area contributed by atoms with Gasteiger partial charge in [0.15, 0.2) is 0 Å². The summed E-state index contributed by atoms with van der Waals surface area (Å²) in [4.78, 5) is 20.9. The molecule has 0 bridgehead atoms. The summed E-state index contributed by atoms with van der Waals surface area (Å²) in [6, 6.07) is 4.83. The second kappa shape index (κ2) is 6.00. The third kappa shape index (κ3) is 3.73. The van der Waals surface area contributed by atoms with Gasteiger partial charge in [0.25, 0.3) is 5.69 Å². The van der Waals surface area contributed by atoms with Gasteiger partial charge in [-0.2, -0.15) is 0 Å². The smallest absolute Gasteiger partial charge is 0.303 e. The maximum Gasteiger partial charge on any atom is 0.303 e. The van der Waals surface area contributed by atoms with Crippen LogP contribution in [0.3, 0.4) is 0 Å². The second-order valence-corrected chi connectivity index (χ2v) is 4.31. The molecule has 0 aliphatic rings. The van der Waals surface area contributed by atoms with Crippen molar-refractivity contribution in [1.82, 2.24) is 0 Å². The number of nitro benzene ring substituents is 1. The van der Waals surface area contributed by atoms with E-state index in [1.54, 1.807) is 26.0 Å². The van der Waals surface area contributed by atoms with Crippen LogP contribution in [-0.4, -0.2) is 22.5 Å². The highest BCUT2D eigenvalue weighted by atomic mass is 16.6. The number of para-hydroxylation sites is 1. The molecule has 0 amide bonds. The minimum absolute atomic E-state index is 0.0116. The molecular formula is C12H16N2O4. The fraction of sp³-hybridized carbons (Fsp3) is 0.417. The van der Waals surface area contributed by atoms with Gasteiger partial charge in [-0.05, 0) is 18.4 Å². The van der Waals surface area contributed by atoms with E-state index in [-0.39, 0.29) is 18.0 Å². The second-order valence-electron chi connectivity index (χ2n) is 4.31. The maximum atomic E-state index is 10.9. The Balaban J connectivity index is 2.78. The number of nitrogens with one attached hydrogen (secondary N) is 1. The zero-order chi connectivity index (χ0) is 13.7. The van der Waals surface area contributed by atoms with Crippen LogP contribution < -0.4 is 5.32 Å². The molecule has 1 atom stereocenters. The summed E-state index contributed by atoms with van der Waals surface area (Å²) in [6.45, 7) is 3.94. The molecule has 0 heterocycles. The SMILES string of the molecule is Cc1cccc([N+](=O)[O-])c1NCC(C)CC(=O)O. The minimum atomic E-state index is -0.872. The van der Waals surface area contributed by atoms with Gasteiger partial charge in [-0.3, -0.25) is 14.9 Å². The number of nitro groups is 1. The van der Waals surface area contributed by atoms with Gasteiger partial charge in [0.1, 0.15) is 5.69 Å². The molecule has 2 N–H and O–H groups in total. The van der Waals surface area contributed by atoms with Crippen molar-refractivity contribution >= 4 is 17.3 Å². The van der Waals surface area contributed by atoms with Crippen molar-refractivity contribution in [3.8, 4) is 0 Å². The van der Waals surface area contributed by atoms with Crippen LogP contribution in [-0.2, 0) is 4.79 Å². The number of benzene rings is 1. The Hall–Kier alpha value is -2.11. The summed E-state index contributed by atoms with van der Waals surface area (Å²) in [5.41, 5.74) is 1.24. The molecule has 0 saturated carbocycles. The first-order valence-electron chi connectivity index (χ1n) is 5.61. The van der Waals surface area contributed by atoms with Crippen molar-refractivity contribution in [2.75, 3.05) is 11.9 Å². The van der Waals surface area contributed by atoms with E-state index < -0.39 is 10.9 Å². The summed E-state index contributed by atoms with van der Waals surface area (Å²) >= 11 is 0. The number of rotatable bonds is 6. The fourth-order valence-corrected chi connectivity index (χ4v) is 1.68. The summed E-state index contributed by atoms with van der Waals surface area (Å²) in [6.07, 6.45) is 0.0344. The molecule has 6 nitrogen and oxygen atoms in total. The van der Waals surface area contributed by atoms with Crippen molar-refractivity contribution in [1.29, 1.82) is 0 Å². The molecule has 1 aromatic rings. The summed E-state index contributed by atoms with van der Waals surface area (Å²) in [7, 11) is 0. The third-order valence-corrected chi connectivity index (χ3v) is 2.60. The van der Waals surface area contributed by atoms with Gasteiger partial charge in [0.05, 0.1) is 4.92 Å². The fourth-order valence-electron chi connectivity index (χ4n) is 1.68. The first-order valence-corrected chi connectivity index (χ1v) is 5.61. The predicted molar refractivity (Wildman–Crippen MR) is 67.7 cm³/mol. The molecule has 1 aromatic carbocycles. The molecule has 0 fully saturated rings. The Labute approximate surface area is 105 Å². The molecule has 1 rings (SSSR count). The van der Waals surface area contributed by atoms with E-state index in [9.17, 15) is 14.9 Å². The molecule has 0 saturated heterocycles. The standard InChI is InChI=1S/C12H16N2O4/c1-8(6-11(15)16)7-13-12-9(2)4-3-5-10(12)14(17)18/h3-5,8,13H,6-7H2,1-2H3,(H,15,16). The van der Waals surface area contributed by atoms with Crippen LogP contribution in [0.2, 0.25) is 0 Å². The van der Waals surface area contributed by atoms with Gasteiger partial charge in [-0.15, -0.1) is 0 Å². The lowest BCUT2D eigenvalue weighted by Gasteiger charge is -2.13. The number of aryl methyl sites for hydroxylation is 1. The Morgan fingerprint density at radius 2 is 2.22 bits per heavy atom. The zero-order valence-electron chi connectivity index (χ0n) is 10.3. The van der Waals surface area contributed by atoms with Crippen LogP contribution in [0, 0.1) is 23.0 Å². The number of carbonyl (C=O) groups is 1. The Bertz CT molecular complexity index is 459. The van der Waals surface area contributed by atoms with Crippen LogP contribution in [0.4, 0.5) is 11.4 Å². The summed E-state index contributed by atoms with van der Waals surface area (Å²) in [5.74, 6) is -0.967. The normalized spacial score (nSPS) is 11.9. The van der Waals surface area contributed by atoms with E-state index in [0.29, 0.717) is 12.2 Å². The van der Waals surface area contributed by atoms with Crippen molar-refractivity contribution in [2.45, 2.75) is 20.3 Å². The minimum Gasteiger partial charge on any atom is -0.481 e. The molecule has 1 unspecified atom stereocenters. The van der Waals surface area contributed by atoms with E-state index in [1.165, 1.54) is 6.07 Å². The number of hydrogen-bond acceptors (Lipinski definition) is 4. The number of hydrogen-bond donors (Lipinski definition) is 2. The third-order valence-electron chi connectivity index (χ3n) is 2.60. The van der Waals surface area contributed by atoms with E-state index in [2.05, 4.69) is 5.32 Å². The highest BCUT2D eigenvalue weighted by Crippen LogP contribution is 2.27. The Morgan fingerprint density at radius 1 is 1.56 bits per heavy atom. The van der Waals surface area contributed by atoms with Gasteiger partial charge in [0, 0.05) is 19.0 Å². The largest absolute Gasteiger partial charge is 0.481 e. The van der Waals surface area contributed by atoms with Crippen LogP contribution in [0.1, 0.15) is 18.9 Å². The molecule has 0 aromatic heterocycles. The van der Waals surface area contributed by atoms with E-state index in [1.807, 2.05) is 0 Å². The average Bonchev–Trinajstić information content (AvgIpc) is 2.25. The molecule has 18 heavy (non-hydrogen) atoms. The number of carboxylic acid groups (broad SMARTS) is 1. The molecule has 0 spiro atoms. The number of aliphatic carboxylic acids is 1. The van der Waals surface area contributed by atoms with Gasteiger partial charge >= 0.3 is 5.97 Å². The van der Waals surface area contributed by atoms with Crippen molar-refractivity contribution in [3.05, 3.63) is 33.9 Å². The monoisotopic (exact) mass is 252 g/mol. The number of anilines is 1. The maximum absolute atomic E-state index is 10.9. The summed E-state index contributed by atoms with van der Waals surface area (Å²) in [5, 5.41) is 22.5. The molecular weight excluding hydrogens is 236 g/mol. The lowest BCUT2D eigenvalue weighted by atomic mass is 10.1. The Kier molecular flexibility index (Phi) is 4.65. The zero-order valence-corrected chi connectivity index (χ0v) is 10.3. The first kappa shape index (κ1) is 14.0. The van der Waals surface area contributed by atoms with Gasteiger partial charge in [0.2, 0.25) is 0 Å². The molecule has 0 aliphatic carbocycles. The topological polar surface area (TPSA) is 92.5 Å². The molecule has 98 valence electrons. The van der Waals surface area contributed by atoms with E-state index >= 15 is 0 Å². The highest BCUT2D eigenvalue weighted by Gasteiger charge is 2.16.